The Bertz CT molecular complexity index is 187. The van der Waals surface area contributed by atoms with Gasteiger partial charge >= 0.3 is 0 Å². The molecule has 54 valence electrons. The first-order chi connectivity index (χ1) is 4.80. The van der Waals surface area contributed by atoms with Crippen LogP contribution in [0.25, 0.3) is 0 Å². The normalized spacial score (nSPS) is 17.3. The number of hydrogen-bond donors (Lipinski definition) is 0. The van der Waals surface area contributed by atoms with Gasteiger partial charge in [-0.3, -0.25) is 0 Å². The topological polar surface area (TPSA) is 24.7 Å². The maximum atomic E-state index is 4.19. The molecule has 0 amide bonds. The van der Waals surface area contributed by atoms with Crippen LogP contribution in [-0.4, -0.2) is 12.1 Å². The summed E-state index contributed by atoms with van der Waals surface area (Å²) < 4.78 is 0. The van der Waals surface area contributed by atoms with Gasteiger partial charge in [-0.25, -0.2) is 9.98 Å². The largest absolute Gasteiger partial charge is 0.245 e. The quantitative estimate of drug-likeness (QED) is 0.527. The number of aliphatic imine (C=N–C) groups is 2. The fraction of sp³-hybridized carbons (Fsp3) is 0.500. The van der Waals surface area contributed by atoms with Crippen LogP contribution in [0.3, 0.4) is 0 Å². The van der Waals surface area contributed by atoms with E-state index in [2.05, 4.69) is 23.8 Å². The Balaban J connectivity index is 2.73. The van der Waals surface area contributed by atoms with Crippen LogP contribution in [0.2, 0.25) is 0 Å². The molecule has 2 nitrogen and oxygen atoms in total. The highest BCUT2D eigenvalue weighted by atomic mass is 14.9. The van der Waals surface area contributed by atoms with Crippen molar-refractivity contribution in [3.8, 4) is 0 Å². The van der Waals surface area contributed by atoms with Gasteiger partial charge in [0.25, 0.3) is 0 Å². The second-order valence-corrected chi connectivity index (χ2v) is 2.57. The molecule has 0 aromatic carbocycles. The van der Waals surface area contributed by atoms with Crippen molar-refractivity contribution in [2.24, 2.45) is 15.9 Å². The summed E-state index contributed by atoms with van der Waals surface area (Å²) in [5.74, 6) is 1.35. The lowest BCUT2D eigenvalue weighted by atomic mass is 10.2. The summed E-state index contributed by atoms with van der Waals surface area (Å²) >= 11 is 0. The standard InChI is InChI=1S/C8H12N2/c1-7(2)8-9-5-3-4-6-10-8/h3,5-7H,4H2,1-2H3. The molecule has 0 unspecified atom stereocenters. The zero-order chi connectivity index (χ0) is 7.40. The maximum Gasteiger partial charge on any atom is 0.130 e. The molecule has 0 aliphatic carbocycles. The highest BCUT2D eigenvalue weighted by Crippen LogP contribution is 2.01. The molecule has 0 bridgehead atoms. The van der Waals surface area contributed by atoms with Crippen molar-refractivity contribution in [2.75, 3.05) is 0 Å². The second-order valence-electron chi connectivity index (χ2n) is 2.57. The molecule has 10 heavy (non-hydrogen) atoms. The number of allylic oxidation sites excluding steroid dienone is 1. The minimum Gasteiger partial charge on any atom is -0.245 e. The molecule has 1 aliphatic rings. The minimum atomic E-state index is 0.430. The number of nitrogens with zero attached hydrogens (tertiary/aromatic N) is 2. The van der Waals surface area contributed by atoms with Crippen molar-refractivity contribution in [3.63, 3.8) is 0 Å². The third kappa shape index (κ3) is 1.79. The van der Waals surface area contributed by atoms with E-state index in [9.17, 15) is 0 Å². The zero-order valence-corrected chi connectivity index (χ0v) is 6.41. The van der Waals surface area contributed by atoms with Crippen LogP contribution in [-0.2, 0) is 0 Å². The SMILES string of the molecule is CC(C)C1=NC=CCC=N1. The lowest BCUT2D eigenvalue weighted by molar-refractivity contribution is 0.874. The van der Waals surface area contributed by atoms with Gasteiger partial charge in [0.05, 0.1) is 0 Å². The predicted molar refractivity (Wildman–Crippen MR) is 44.5 cm³/mol. The van der Waals surface area contributed by atoms with Gasteiger partial charge in [0, 0.05) is 24.8 Å². The van der Waals surface area contributed by atoms with E-state index in [0.717, 1.165) is 12.3 Å². The van der Waals surface area contributed by atoms with E-state index in [4.69, 9.17) is 0 Å². The van der Waals surface area contributed by atoms with E-state index in [-0.39, 0.29) is 0 Å². The molecule has 1 aliphatic heterocycles. The first kappa shape index (κ1) is 7.19. The summed E-state index contributed by atoms with van der Waals surface area (Å²) in [6, 6.07) is 0. The van der Waals surface area contributed by atoms with Gasteiger partial charge in [-0.15, -0.1) is 0 Å². The van der Waals surface area contributed by atoms with Crippen molar-refractivity contribution < 1.29 is 0 Å². The Labute approximate surface area is 61.4 Å². The van der Waals surface area contributed by atoms with Crippen LogP contribution in [0.15, 0.2) is 22.3 Å². The molecule has 0 saturated heterocycles. The molecular formula is C8H12N2. The fourth-order valence-corrected chi connectivity index (χ4v) is 0.728. The molecule has 0 atom stereocenters. The molecule has 2 heteroatoms. The summed E-state index contributed by atoms with van der Waals surface area (Å²) in [6.45, 7) is 4.19. The highest BCUT2D eigenvalue weighted by Gasteiger charge is 2.00. The molecule has 1 rings (SSSR count). The maximum absolute atomic E-state index is 4.19. The van der Waals surface area contributed by atoms with Gasteiger partial charge in [-0.05, 0) is 0 Å². The summed E-state index contributed by atoms with van der Waals surface area (Å²) in [4.78, 5) is 8.35. The zero-order valence-electron chi connectivity index (χ0n) is 6.41. The molecule has 0 fully saturated rings. The molecule has 1 heterocycles. The fourth-order valence-electron chi connectivity index (χ4n) is 0.728. The minimum absolute atomic E-state index is 0.430. The summed E-state index contributed by atoms with van der Waals surface area (Å²) in [5.41, 5.74) is 0. The average Bonchev–Trinajstić information content (AvgIpc) is 2.12. The molecular weight excluding hydrogens is 124 g/mol. The Morgan fingerprint density at radius 2 is 2.30 bits per heavy atom. The lowest BCUT2D eigenvalue weighted by Gasteiger charge is -1.99. The Morgan fingerprint density at radius 3 is 3.00 bits per heavy atom. The number of hydrogen-bond acceptors (Lipinski definition) is 2. The van der Waals surface area contributed by atoms with Gasteiger partial charge in [-0.2, -0.15) is 0 Å². The van der Waals surface area contributed by atoms with E-state index >= 15 is 0 Å². The third-order valence-electron chi connectivity index (χ3n) is 1.29. The summed E-state index contributed by atoms with van der Waals surface area (Å²) in [7, 11) is 0. The number of amidine groups is 1. The number of rotatable bonds is 1. The van der Waals surface area contributed by atoms with Crippen molar-refractivity contribution in [2.45, 2.75) is 20.3 Å². The second kappa shape index (κ2) is 3.30. The molecule has 0 saturated carbocycles. The Kier molecular flexibility index (Phi) is 2.37. The van der Waals surface area contributed by atoms with E-state index in [1.807, 2.05) is 18.5 Å². The van der Waals surface area contributed by atoms with Crippen molar-refractivity contribution >= 4 is 12.1 Å². The van der Waals surface area contributed by atoms with Crippen LogP contribution >= 0.6 is 0 Å². The van der Waals surface area contributed by atoms with Crippen molar-refractivity contribution in [1.29, 1.82) is 0 Å². The van der Waals surface area contributed by atoms with E-state index in [0.29, 0.717) is 5.92 Å². The molecule has 0 spiro atoms. The third-order valence-corrected chi connectivity index (χ3v) is 1.29. The monoisotopic (exact) mass is 136 g/mol. The van der Waals surface area contributed by atoms with Crippen molar-refractivity contribution in [3.05, 3.63) is 12.3 Å². The summed E-state index contributed by atoms with van der Waals surface area (Å²) in [5, 5.41) is 0. The highest BCUT2D eigenvalue weighted by molar-refractivity contribution is 5.92. The van der Waals surface area contributed by atoms with Gasteiger partial charge in [0.1, 0.15) is 5.84 Å². The molecule has 0 radical (unpaired) electrons. The van der Waals surface area contributed by atoms with E-state index < -0.39 is 0 Å². The van der Waals surface area contributed by atoms with E-state index in [1.54, 1.807) is 0 Å². The lowest BCUT2D eigenvalue weighted by Crippen LogP contribution is -2.02. The Morgan fingerprint density at radius 1 is 1.50 bits per heavy atom. The summed E-state index contributed by atoms with van der Waals surface area (Å²) in [6.07, 6.45) is 6.61. The molecule has 0 N–H and O–H groups in total. The van der Waals surface area contributed by atoms with Gasteiger partial charge in [0.2, 0.25) is 0 Å². The van der Waals surface area contributed by atoms with Gasteiger partial charge < -0.3 is 0 Å². The van der Waals surface area contributed by atoms with Crippen LogP contribution in [0, 0.1) is 5.92 Å². The first-order valence-corrected chi connectivity index (χ1v) is 3.56. The van der Waals surface area contributed by atoms with Gasteiger partial charge in [-0.1, -0.05) is 19.9 Å². The van der Waals surface area contributed by atoms with Crippen LogP contribution in [0.5, 0.6) is 0 Å². The molecule has 0 aromatic heterocycles. The van der Waals surface area contributed by atoms with Crippen LogP contribution in [0.4, 0.5) is 0 Å². The first-order valence-electron chi connectivity index (χ1n) is 3.56. The van der Waals surface area contributed by atoms with Gasteiger partial charge in [0.15, 0.2) is 0 Å². The smallest absolute Gasteiger partial charge is 0.130 e. The van der Waals surface area contributed by atoms with E-state index in [1.165, 1.54) is 0 Å². The van der Waals surface area contributed by atoms with Crippen molar-refractivity contribution in [1.82, 2.24) is 0 Å². The Hall–Kier alpha value is -0.920. The predicted octanol–water partition coefficient (Wildman–Crippen LogP) is 2.03. The van der Waals surface area contributed by atoms with Crippen LogP contribution in [0.1, 0.15) is 20.3 Å². The molecule has 0 aromatic rings. The average molecular weight is 136 g/mol. The van der Waals surface area contributed by atoms with Crippen LogP contribution < -0.4 is 0 Å².